The first kappa shape index (κ1) is 16.9. The molecule has 1 amide bonds. The summed E-state index contributed by atoms with van der Waals surface area (Å²) < 4.78 is 14.0. The molecule has 6 nitrogen and oxygen atoms in total. The van der Waals surface area contributed by atoms with Gasteiger partial charge < -0.3 is 10.4 Å². The fraction of sp³-hybridized carbons (Fsp3) is 0.250. The molecule has 0 fully saturated rings. The average Bonchev–Trinajstić information content (AvgIpc) is 2.50. The molecule has 1 aromatic heterocycles. The minimum Gasteiger partial charge on any atom is -0.394 e. The van der Waals surface area contributed by atoms with E-state index in [-0.39, 0.29) is 30.3 Å². The molecule has 0 spiro atoms. The van der Waals surface area contributed by atoms with E-state index in [2.05, 4.69) is 15.8 Å². The van der Waals surface area contributed by atoms with Crippen molar-refractivity contribution in [3.05, 3.63) is 53.0 Å². The van der Waals surface area contributed by atoms with Gasteiger partial charge >= 0.3 is 0 Å². The zero-order chi connectivity index (χ0) is 16.8. The Bertz CT molecular complexity index is 707. The van der Waals surface area contributed by atoms with Gasteiger partial charge in [0.25, 0.3) is 5.91 Å². The van der Waals surface area contributed by atoms with Gasteiger partial charge in [0.1, 0.15) is 11.6 Å². The molecule has 0 aliphatic heterocycles. The van der Waals surface area contributed by atoms with E-state index in [4.69, 9.17) is 9.94 Å². The molecule has 2 aromatic rings. The molecule has 0 atom stereocenters. The van der Waals surface area contributed by atoms with Crippen LogP contribution in [0.1, 0.15) is 21.6 Å². The van der Waals surface area contributed by atoms with Crippen molar-refractivity contribution in [2.75, 3.05) is 18.5 Å². The summed E-state index contributed by atoms with van der Waals surface area (Å²) in [6.45, 7) is 3.31. The Balaban J connectivity index is 2.26. The summed E-state index contributed by atoms with van der Waals surface area (Å²) in [4.78, 5) is 21.1. The monoisotopic (exact) mass is 319 g/mol. The fourth-order valence-corrected chi connectivity index (χ4v) is 1.90. The standard InChI is InChI=1S/C16H18FN3O3/c1-10-3-6-14(13(17)9-10)19-15-12(5-4-11(2)18-15)16(22)20-23-8-7-21/h3-6,9,21H,7-8H2,1-2H3,(H,18,19)(H,20,22). The Hall–Kier alpha value is -2.51. The predicted molar refractivity (Wildman–Crippen MR) is 83.9 cm³/mol. The van der Waals surface area contributed by atoms with Crippen LogP contribution in [0.3, 0.4) is 0 Å². The van der Waals surface area contributed by atoms with Gasteiger partial charge in [-0.15, -0.1) is 0 Å². The fourth-order valence-electron chi connectivity index (χ4n) is 1.90. The molecule has 1 aromatic carbocycles. The molecular weight excluding hydrogens is 301 g/mol. The van der Waals surface area contributed by atoms with Crippen LogP contribution in [0.15, 0.2) is 30.3 Å². The van der Waals surface area contributed by atoms with Gasteiger partial charge in [0, 0.05) is 5.69 Å². The molecule has 2 rings (SSSR count). The molecule has 1 heterocycles. The molecular formula is C16H18FN3O3. The minimum atomic E-state index is -0.541. The van der Waals surface area contributed by atoms with Crippen LogP contribution in [-0.2, 0) is 4.84 Å². The number of aryl methyl sites for hydroxylation is 2. The van der Waals surface area contributed by atoms with Crippen molar-refractivity contribution in [1.82, 2.24) is 10.5 Å². The summed E-state index contributed by atoms with van der Waals surface area (Å²) in [7, 11) is 0. The van der Waals surface area contributed by atoms with Crippen molar-refractivity contribution in [2.45, 2.75) is 13.8 Å². The molecule has 0 aliphatic rings. The highest BCUT2D eigenvalue weighted by molar-refractivity contribution is 5.98. The van der Waals surface area contributed by atoms with Crippen LogP contribution in [0.2, 0.25) is 0 Å². The molecule has 3 N–H and O–H groups in total. The van der Waals surface area contributed by atoms with E-state index in [1.54, 1.807) is 38.1 Å². The number of aliphatic hydroxyl groups excluding tert-OH is 1. The number of pyridine rings is 1. The van der Waals surface area contributed by atoms with E-state index in [0.717, 1.165) is 5.56 Å². The second-order valence-corrected chi connectivity index (χ2v) is 4.96. The van der Waals surface area contributed by atoms with E-state index in [1.165, 1.54) is 6.07 Å². The average molecular weight is 319 g/mol. The minimum absolute atomic E-state index is 0.0274. The summed E-state index contributed by atoms with van der Waals surface area (Å²) in [5.41, 5.74) is 4.09. The molecule has 0 saturated carbocycles. The Kier molecular flexibility index (Phi) is 5.61. The van der Waals surface area contributed by atoms with Crippen molar-refractivity contribution < 1.29 is 19.1 Å². The quantitative estimate of drug-likeness (QED) is 0.562. The summed E-state index contributed by atoms with van der Waals surface area (Å²) >= 11 is 0. The highest BCUT2D eigenvalue weighted by Gasteiger charge is 2.15. The van der Waals surface area contributed by atoms with Crippen LogP contribution in [0.4, 0.5) is 15.9 Å². The SMILES string of the molecule is Cc1ccc(Nc2nc(C)ccc2C(=O)NOCCO)c(F)c1. The number of hydrogen-bond donors (Lipinski definition) is 3. The first-order valence-electron chi connectivity index (χ1n) is 7.05. The van der Waals surface area contributed by atoms with Crippen molar-refractivity contribution >= 4 is 17.4 Å². The van der Waals surface area contributed by atoms with E-state index in [1.807, 2.05) is 0 Å². The number of rotatable bonds is 6. The third-order valence-electron chi connectivity index (χ3n) is 3.01. The Morgan fingerprint density at radius 2 is 2.09 bits per heavy atom. The van der Waals surface area contributed by atoms with Crippen LogP contribution in [0, 0.1) is 19.7 Å². The number of hydroxylamine groups is 1. The Morgan fingerprint density at radius 1 is 1.30 bits per heavy atom. The first-order chi connectivity index (χ1) is 11.0. The van der Waals surface area contributed by atoms with Gasteiger partial charge in [-0.05, 0) is 43.7 Å². The topological polar surface area (TPSA) is 83.5 Å². The third-order valence-corrected chi connectivity index (χ3v) is 3.01. The number of aliphatic hydroxyl groups is 1. The maximum absolute atomic E-state index is 14.0. The van der Waals surface area contributed by atoms with E-state index >= 15 is 0 Å². The van der Waals surface area contributed by atoms with E-state index in [0.29, 0.717) is 5.69 Å². The number of amides is 1. The van der Waals surface area contributed by atoms with Gasteiger partial charge in [-0.2, -0.15) is 0 Å². The largest absolute Gasteiger partial charge is 0.394 e. The third kappa shape index (κ3) is 4.48. The normalized spacial score (nSPS) is 10.4. The molecule has 0 bridgehead atoms. The molecule has 0 aliphatic carbocycles. The van der Waals surface area contributed by atoms with Gasteiger partial charge in [0.2, 0.25) is 0 Å². The molecule has 7 heteroatoms. The van der Waals surface area contributed by atoms with Gasteiger partial charge in [-0.3, -0.25) is 9.63 Å². The summed E-state index contributed by atoms with van der Waals surface area (Å²) in [6, 6.07) is 7.96. The lowest BCUT2D eigenvalue weighted by molar-refractivity contribution is 0.0168. The van der Waals surface area contributed by atoms with Crippen molar-refractivity contribution in [3.63, 3.8) is 0 Å². The van der Waals surface area contributed by atoms with Gasteiger partial charge in [0.15, 0.2) is 0 Å². The Morgan fingerprint density at radius 3 is 2.78 bits per heavy atom. The molecule has 23 heavy (non-hydrogen) atoms. The number of anilines is 2. The smallest absolute Gasteiger partial charge is 0.278 e. The molecule has 122 valence electrons. The molecule has 0 unspecified atom stereocenters. The number of aromatic nitrogens is 1. The Labute approximate surface area is 133 Å². The summed E-state index contributed by atoms with van der Waals surface area (Å²) in [6.07, 6.45) is 0. The van der Waals surface area contributed by atoms with E-state index in [9.17, 15) is 9.18 Å². The highest BCUT2D eigenvalue weighted by Crippen LogP contribution is 2.22. The predicted octanol–water partition coefficient (Wildman–Crippen LogP) is 2.23. The second kappa shape index (κ2) is 7.66. The first-order valence-corrected chi connectivity index (χ1v) is 7.05. The van der Waals surface area contributed by atoms with Crippen LogP contribution in [0.25, 0.3) is 0 Å². The summed E-state index contributed by atoms with van der Waals surface area (Å²) in [5.74, 6) is -0.755. The lowest BCUT2D eigenvalue weighted by Crippen LogP contribution is -2.26. The van der Waals surface area contributed by atoms with Gasteiger partial charge in [-0.25, -0.2) is 14.9 Å². The van der Waals surface area contributed by atoms with Gasteiger partial charge in [-0.1, -0.05) is 6.07 Å². The maximum atomic E-state index is 14.0. The summed E-state index contributed by atoms with van der Waals surface area (Å²) in [5, 5.41) is 11.5. The van der Waals surface area contributed by atoms with Crippen molar-refractivity contribution in [1.29, 1.82) is 0 Å². The number of halogens is 1. The highest BCUT2D eigenvalue weighted by atomic mass is 19.1. The second-order valence-electron chi connectivity index (χ2n) is 4.96. The zero-order valence-electron chi connectivity index (χ0n) is 12.9. The van der Waals surface area contributed by atoms with Crippen LogP contribution < -0.4 is 10.8 Å². The lowest BCUT2D eigenvalue weighted by atomic mass is 10.2. The van der Waals surface area contributed by atoms with Crippen LogP contribution >= 0.6 is 0 Å². The molecule has 0 radical (unpaired) electrons. The number of benzene rings is 1. The number of hydrogen-bond acceptors (Lipinski definition) is 5. The number of nitrogens with zero attached hydrogens (tertiary/aromatic N) is 1. The zero-order valence-corrected chi connectivity index (χ0v) is 12.9. The number of carbonyl (C=O) groups is 1. The maximum Gasteiger partial charge on any atom is 0.278 e. The lowest BCUT2D eigenvalue weighted by Gasteiger charge is -2.13. The van der Waals surface area contributed by atoms with Crippen molar-refractivity contribution in [2.24, 2.45) is 0 Å². The molecule has 0 saturated heterocycles. The van der Waals surface area contributed by atoms with Gasteiger partial charge in [0.05, 0.1) is 24.5 Å². The number of nitrogens with one attached hydrogen (secondary N) is 2. The van der Waals surface area contributed by atoms with Crippen molar-refractivity contribution in [3.8, 4) is 0 Å². The van der Waals surface area contributed by atoms with Crippen LogP contribution in [0.5, 0.6) is 0 Å². The van der Waals surface area contributed by atoms with E-state index < -0.39 is 11.7 Å². The van der Waals surface area contributed by atoms with Crippen LogP contribution in [-0.4, -0.2) is 29.2 Å². The number of carbonyl (C=O) groups excluding carboxylic acids is 1.